The van der Waals surface area contributed by atoms with E-state index in [0.29, 0.717) is 13.0 Å². The lowest BCUT2D eigenvalue weighted by atomic mass is 10.2. The minimum absolute atomic E-state index is 0.0605. The van der Waals surface area contributed by atoms with Crippen LogP contribution in [0.15, 0.2) is 41.6 Å². The molecule has 122 valence electrons. The largest absolute Gasteiger partial charge is 0.505 e. The summed E-state index contributed by atoms with van der Waals surface area (Å²) in [5.41, 5.74) is 0.990. The number of hydrogen-bond donors (Lipinski definition) is 2. The molecular formula is C16H16Cl2N2O2S. The van der Waals surface area contributed by atoms with Crippen LogP contribution in [-0.2, 0) is 11.3 Å². The van der Waals surface area contributed by atoms with Crippen molar-refractivity contribution in [2.24, 2.45) is 0 Å². The third kappa shape index (κ3) is 5.03. The number of aromatic nitrogens is 1. The second-order valence-electron chi connectivity index (χ2n) is 4.82. The van der Waals surface area contributed by atoms with Crippen LogP contribution in [0.1, 0.15) is 18.9 Å². The van der Waals surface area contributed by atoms with Crippen LogP contribution < -0.4 is 5.32 Å². The molecule has 1 atom stereocenters. The van der Waals surface area contributed by atoms with Crippen LogP contribution in [0.2, 0.25) is 10.0 Å². The van der Waals surface area contributed by atoms with E-state index < -0.39 is 0 Å². The highest BCUT2D eigenvalue weighted by molar-refractivity contribution is 8.00. The van der Waals surface area contributed by atoms with Crippen LogP contribution in [0, 0.1) is 0 Å². The number of nitrogens with zero attached hydrogens (tertiary/aromatic N) is 1. The zero-order chi connectivity index (χ0) is 16.8. The molecule has 2 N–H and O–H groups in total. The Morgan fingerprint density at radius 2 is 1.91 bits per heavy atom. The maximum absolute atomic E-state index is 12.3. The quantitative estimate of drug-likeness (QED) is 0.744. The second kappa shape index (κ2) is 8.43. The monoisotopic (exact) mass is 370 g/mol. The number of nitrogens with one attached hydrogen (secondary N) is 1. The Hall–Kier alpha value is -1.43. The zero-order valence-corrected chi connectivity index (χ0v) is 14.8. The van der Waals surface area contributed by atoms with Crippen LogP contribution in [-0.4, -0.2) is 21.2 Å². The Kier molecular flexibility index (Phi) is 6.57. The Balaban J connectivity index is 2.00. The summed E-state index contributed by atoms with van der Waals surface area (Å²) in [5, 5.41) is 12.6. The van der Waals surface area contributed by atoms with E-state index in [2.05, 4.69) is 10.3 Å². The summed E-state index contributed by atoms with van der Waals surface area (Å²) in [6, 6.07) is 6.92. The number of benzene rings is 1. The number of aromatic hydroxyl groups is 1. The molecule has 1 unspecified atom stereocenters. The van der Waals surface area contributed by atoms with Crippen molar-refractivity contribution >= 4 is 40.9 Å². The molecule has 1 aromatic heterocycles. The molecule has 0 spiro atoms. The van der Waals surface area contributed by atoms with E-state index in [0.717, 1.165) is 10.5 Å². The molecule has 2 rings (SSSR count). The number of carbonyl (C=O) groups excluding carboxylic acids is 1. The Bertz CT molecular complexity index is 660. The topological polar surface area (TPSA) is 62.2 Å². The summed E-state index contributed by atoms with van der Waals surface area (Å²) in [6.07, 6.45) is 4.03. The summed E-state index contributed by atoms with van der Waals surface area (Å²) in [4.78, 5) is 17.0. The van der Waals surface area contributed by atoms with Crippen LogP contribution in [0.3, 0.4) is 0 Å². The van der Waals surface area contributed by atoms with E-state index in [9.17, 15) is 9.90 Å². The molecule has 0 aliphatic rings. The molecule has 0 bridgehead atoms. The number of hydrogen-bond acceptors (Lipinski definition) is 4. The van der Waals surface area contributed by atoms with Gasteiger partial charge in [-0.15, -0.1) is 11.8 Å². The average Bonchev–Trinajstić information content (AvgIpc) is 2.56. The number of phenolic OH excluding ortho intramolecular Hbond substituents is 1. The Labute approximate surface area is 149 Å². The number of halogens is 2. The molecule has 1 heterocycles. The van der Waals surface area contributed by atoms with E-state index in [4.69, 9.17) is 23.2 Å². The van der Waals surface area contributed by atoms with E-state index in [-0.39, 0.29) is 27.0 Å². The van der Waals surface area contributed by atoms with Crippen LogP contribution in [0.4, 0.5) is 0 Å². The predicted octanol–water partition coefficient (Wildman–Crippen LogP) is 4.28. The average molecular weight is 371 g/mol. The van der Waals surface area contributed by atoms with Gasteiger partial charge in [-0.1, -0.05) is 30.1 Å². The van der Waals surface area contributed by atoms with Gasteiger partial charge in [0.15, 0.2) is 5.75 Å². The van der Waals surface area contributed by atoms with Crippen LogP contribution in [0.25, 0.3) is 0 Å². The number of rotatable bonds is 6. The maximum Gasteiger partial charge on any atom is 0.233 e. The van der Waals surface area contributed by atoms with Crippen LogP contribution >= 0.6 is 35.0 Å². The van der Waals surface area contributed by atoms with Gasteiger partial charge >= 0.3 is 0 Å². The van der Waals surface area contributed by atoms with Gasteiger partial charge in [0, 0.05) is 23.8 Å². The van der Waals surface area contributed by atoms with Crippen molar-refractivity contribution in [1.82, 2.24) is 10.3 Å². The first kappa shape index (κ1) is 17.9. The van der Waals surface area contributed by atoms with Gasteiger partial charge in [0.2, 0.25) is 5.91 Å². The highest BCUT2D eigenvalue weighted by Crippen LogP contribution is 2.37. The summed E-state index contributed by atoms with van der Waals surface area (Å²) >= 11 is 13.2. The van der Waals surface area contributed by atoms with Crippen molar-refractivity contribution < 1.29 is 9.90 Å². The minimum atomic E-state index is -0.270. The minimum Gasteiger partial charge on any atom is -0.505 e. The van der Waals surface area contributed by atoms with E-state index in [1.54, 1.807) is 24.5 Å². The first-order chi connectivity index (χ1) is 11.0. The molecule has 0 radical (unpaired) electrons. The van der Waals surface area contributed by atoms with Gasteiger partial charge in [0.1, 0.15) is 0 Å². The van der Waals surface area contributed by atoms with Crippen molar-refractivity contribution in [2.75, 3.05) is 0 Å². The zero-order valence-electron chi connectivity index (χ0n) is 12.4. The molecule has 0 fully saturated rings. The number of amides is 1. The van der Waals surface area contributed by atoms with Crippen molar-refractivity contribution in [3.8, 4) is 5.75 Å². The maximum atomic E-state index is 12.3. The summed E-state index contributed by atoms with van der Waals surface area (Å²) in [6.45, 7) is 2.39. The standard InChI is InChI=1S/C16H16Cl2N2O2S/c1-2-14(16(22)20-9-10-3-5-19-6-4-10)23-11-7-12(17)15(21)13(18)8-11/h3-8,14,21H,2,9H2,1H3,(H,20,22). The van der Waals surface area contributed by atoms with Gasteiger partial charge in [0.25, 0.3) is 0 Å². The molecule has 1 aromatic carbocycles. The highest BCUT2D eigenvalue weighted by Gasteiger charge is 2.19. The molecule has 1 amide bonds. The molecule has 23 heavy (non-hydrogen) atoms. The Morgan fingerprint density at radius 3 is 2.48 bits per heavy atom. The number of pyridine rings is 1. The van der Waals surface area contributed by atoms with Gasteiger partial charge in [-0.3, -0.25) is 9.78 Å². The van der Waals surface area contributed by atoms with Crippen LogP contribution in [0.5, 0.6) is 5.75 Å². The van der Waals surface area contributed by atoms with E-state index >= 15 is 0 Å². The van der Waals surface area contributed by atoms with E-state index in [1.165, 1.54) is 11.8 Å². The molecule has 0 aliphatic carbocycles. The highest BCUT2D eigenvalue weighted by atomic mass is 35.5. The number of phenols is 1. The first-order valence-corrected chi connectivity index (χ1v) is 8.66. The van der Waals surface area contributed by atoms with Gasteiger partial charge in [-0.05, 0) is 36.2 Å². The van der Waals surface area contributed by atoms with Gasteiger partial charge < -0.3 is 10.4 Å². The fraction of sp³-hybridized carbons (Fsp3) is 0.250. The number of carbonyl (C=O) groups is 1. The van der Waals surface area contributed by atoms with Crippen molar-refractivity contribution in [3.63, 3.8) is 0 Å². The summed E-state index contributed by atoms with van der Waals surface area (Å²) in [5.74, 6) is -0.206. The van der Waals surface area contributed by atoms with Gasteiger partial charge in [0.05, 0.1) is 15.3 Å². The fourth-order valence-corrected chi connectivity index (χ4v) is 3.57. The Morgan fingerprint density at radius 1 is 1.30 bits per heavy atom. The normalized spacial score (nSPS) is 12.0. The SMILES string of the molecule is CCC(Sc1cc(Cl)c(O)c(Cl)c1)C(=O)NCc1ccncc1. The van der Waals surface area contributed by atoms with Crippen molar-refractivity contribution in [3.05, 3.63) is 52.3 Å². The van der Waals surface area contributed by atoms with Gasteiger partial charge in [-0.25, -0.2) is 0 Å². The number of thioether (sulfide) groups is 1. The molecule has 7 heteroatoms. The lowest BCUT2D eigenvalue weighted by Gasteiger charge is -2.15. The van der Waals surface area contributed by atoms with E-state index in [1.807, 2.05) is 19.1 Å². The van der Waals surface area contributed by atoms with Gasteiger partial charge in [-0.2, -0.15) is 0 Å². The molecule has 0 saturated carbocycles. The smallest absolute Gasteiger partial charge is 0.233 e. The van der Waals surface area contributed by atoms with Crippen molar-refractivity contribution in [1.29, 1.82) is 0 Å². The molecular weight excluding hydrogens is 355 g/mol. The first-order valence-electron chi connectivity index (χ1n) is 7.02. The predicted molar refractivity (Wildman–Crippen MR) is 94.1 cm³/mol. The third-order valence-corrected chi connectivity index (χ3v) is 5.06. The fourth-order valence-electron chi connectivity index (χ4n) is 1.90. The molecule has 0 aliphatic heterocycles. The second-order valence-corrected chi connectivity index (χ2v) is 6.91. The summed E-state index contributed by atoms with van der Waals surface area (Å²) in [7, 11) is 0. The lowest BCUT2D eigenvalue weighted by molar-refractivity contribution is -0.120. The summed E-state index contributed by atoms with van der Waals surface area (Å²) < 4.78 is 0. The third-order valence-electron chi connectivity index (χ3n) is 3.15. The molecule has 2 aromatic rings. The van der Waals surface area contributed by atoms with Crippen molar-refractivity contribution in [2.45, 2.75) is 30.0 Å². The lowest BCUT2D eigenvalue weighted by Crippen LogP contribution is -2.31. The molecule has 0 saturated heterocycles. The molecule has 4 nitrogen and oxygen atoms in total.